The van der Waals surface area contributed by atoms with E-state index in [4.69, 9.17) is 0 Å². The number of alkyl halides is 1. The molecule has 0 aromatic carbocycles. The van der Waals surface area contributed by atoms with Gasteiger partial charge in [0.25, 0.3) is 5.91 Å². The zero-order valence-corrected chi connectivity index (χ0v) is 16.4. The fraction of sp³-hybridized carbons (Fsp3) is 0.833. The summed E-state index contributed by atoms with van der Waals surface area (Å²) >= 11 is 3.98. The van der Waals surface area contributed by atoms with Crippen molar-refractivity contribution in [3.05, 3.63) is 0 Å². The Morgan fingerprint density at radius 3 is 2.40 bits per heavy atom. The van der Waals surface area contributed by atoms with Crippen LogP contribution in [-0.4, -0.2) is 45.7 Å². The first-order valence-electron chi connectivity index (χ1n) is 9.20. The lowest BCUT2D eigenvalue weighted by Gasteiger charge is -2.60. The van der Waals surface area contributed by atoms with Gasteiger partial charge in [-0.3, -0.25) is 14.5 Å². The Morgan fingerprint density at radius 1 is 1.24 bits per heavy atom. The third-order valence-corrected chi connectivity index (χ3v) is 7.45. The first-order valence-corrected chi connectivity index (χ1v) is 9.99. The lowest BCUT2D eigenvalue weighted by Crippen LogP contribution is -2.57. The number of hydrogen-bond donors (Lipinski definition) is 2. The van der Waals surface area contributed by atoms with E-state index in [0.717, 1.165) is 23.2 Å². The molecule has 4 aliphatic carbocycles. The number of urea groups is 1. The molecular weight excluding hydrogens is 386 g/mol. The van der Waals surface area contributed by atoms with Gasteiger partial charge in [0.15, 0.2) is 0 Å². The SMILES string of the molecule is CC1(C)NC(=O)N(CC(=O)NCC23C[C@H]4C[C@@H](CC(Br)(C4)C2)C3)C1=O. The summed E-state index contributed by atoms with van der Waals surface area (Å²) in [5, 5.41) is 5.62. The Bertz CT molecular complexity index is 633. The predicted octanol–water partition coefficient (Wildman–Crippen LogP) is 2.17. The largest absolute Gasteiger partial charge is 0.354 e. The van der Waals surface area contributed by atoms with Crippen LogP contribution in [0.2, 0.25) is 0 Å². The maximum atomic E-state index is 12.4. The van der Waals surface area contributed by atoms with Crippen LogP contribution in [0.25, 0.3) is 0 Å². The van der Waals surface area contributed by atoms with Crippen molar-refractivity contribution < 1.29 is 14.4 Å². The lowest BCUT2D eigenvalue weighted by atomic mass is 9.49. The Kier molecular flexibility index (Phi) is 3.77. The van der Waals surface area contributed by atoms with Gasteiger partial charge in [-0.05, 0) is 69.6 Å². The second-order valence-electron chi connectivity index (χ2n) is 9.34. The van der Waals surface area contributed by atoms with Crippen LogP contribution in [0.15, 0.2) is 0 Å². The van der Waals surface area contributed by atoms with Crippen molar-refractivity contribution in [2.24, 2.45) is 17.3 Å². The van der Waals surface area contributed by atoms with Gasteiger partial charge in [0, 0.05) is 10.9 Å². The van der Waals surface area contributed by atoms with Crippen molar-refractivity contribution in [1.29, 1.82) is 0 Å². The van der Waals surface area contributed by atoms with E-state index in [1.807, 2.05) is 0 Å². The Balaban J connectivity index is 1.37. The summed E-state index contributed by atoms with van der Waals surface area (Å²) in [5.41, 5.74) is -0.751. The van der Waals surface area contributed by atoms with Crippen molar-refractivity contribution in [3.8, 4) is 0 Å². The fourth-order valence-corrected chi connectivity index (χ4v) is 7.50. The fourth-order valence-electron chi connectivity index (χ4n) is 5.99. The average molecular weight is 412 g/mol. The number of amides is 4. The van der Waals surface area contributed by atoms with Gasteiger partial charge in [-0.15, -0.1) is 0 Å². The summed E-state index contributed by atoms with van der Waals surface area (Å²) in [5.74, 6) is 0.941. The first-order chi connectivity index (χ1) is 11.6. The van der Waals surface area contributed by atoms with Crippen LogP contribution in [0, 0.1) is 17.3 Å². The highest BCUT2D eigenvalue weighted by atomic mass is 79.9. The van der Waals surface area contributed by atoms with Gasteiger partial charge < -0.3 is 10.6 Å². The van der Waals surface area contributed by atoms with Gasteiger partial charge in [0.1, 0.15) is 12.1 Å². The van der Waals surface area contributed by atoms with Gasteiger partial charge in [0.05, 0.1) is 0 Å². The van der Waals surface area contributed by atoms with E-state index in [9.17, 15) is 14.4 Å². The molecule has 138 valence electrons. The molecule has 1 saturated heterocycles. The van der Waals surface area contributed by atoms with Crippen molar-refractivity contribution in [1.82, 2.24) is 15.5 Å². The van der Waals surface area contributed by atoms with Gasteiger partial charge in [-0.25, -0.2) is 4.79 Å². The number of carbonyl (C=O) groups excluding carboxylic acids is 3. The van der Waals surface area contributed by atoms with Gasteiger partial charge in [-0.1, -0.05) is 15.9 Å². The molecule has 2 N–H and O–H groups in total. The zero-order valence-electron chi connectivity index (χ0n) is 14.9. The number of nitrogens with one attached hydrogen (secondary N) is 2. The molecule has 1 heterocycles. The Hall–Kier alpha value is -1.11. The lowest BCUT2D eigenvalue weighted by molar-refractivity contribution is -0.134. The van der Waals surface area contributed by atoms with Crippen molar-refractivity contribution in [3.63, 3.8) is 0 Å². The Morgan fingerprint density at radius 2 is 1.88 bits per heavy atom. The van der Waals surface area contributed by atoms with Crippen LogP contribution in [-0.2, 0) is 9.59 Å². The van der Waals surface area contributed by atoms with E-state index in [1.165, 1.54) is 32.1 Å². The van der Waals surface area contributed by atoms with E-state index in [-0.39, 0.29) is 28.1 Å². The first kappa shape index (κ1) is 17.3. The van der Waals surface area contributed by atoms with E-state index >= 15 is 0 Å². The average Bonchev–Trinajstić information content (AvgIpc) is 2.65. The molecule has 7 heteroatoms. The molecule has 5 fully saturated rings. The second-order valence-corrected chi connectivity index (χ2v) is 11.0. The van der Waals surface area contributed by atoms with E-state index in [2.05, 4.69) is 26.6 Å². The summed E-state index contributed by atoms with van der Waals surface area (Å²) in [6.07, 6.45) is 7.35. The molecule has 0 spiro atoms. The van der Waals surface area contributed by atoms with Crippen molar-refractivity contribution in [2.45, 2.75) is 62.2 Å². The summed E-state index contributed by atoms with van der Waals surface area (Å²) in [6, 6.07) is -0.487. The smallest absolute Gasteiger partial charge is 0.325 e. The summed E-state index contributed by atoms with van der Waals surface area (Å²) < 4.78 is 0.261. The summed E-state index contributed by atoms with van der Waals surface area (Å²) in [6.45, 7) is 3.75. The molecule has 5 rings (SSSR count). The monoisotopic (exact) mass is 411 g/mol. The number of halogens is 1. The number of nitrogens with zero attached hydrogens (tertiary/aromatic N) is 1. The van der Waals surface area contributed by atoms with E-state index < -0.39 is 11.6 Å². The maximum Gasteiger partial charge on any atom is 0.325 e. The van der Waals surface area contributed by atoms with Crippen LogP contribution in [0.4, 0.5) is 4.79 Å². The van der Waals surface area contributed by atoms with Crippen LogP contribution < -0.4 is 10.6 Å². The molecule has 4 bridgehead atoms. The summed E-state index contributed by atoms with van der Waals surface area (Å²) in [4.78, 5) is 37.5. The molecular formula is C18H26BrN3O3. The molecule has 0 aromatic rings. The van der Waals surface area contributed by atoms with Crippen LogP contribution >= 0.6 is 15.9 Å². The topological polar surface area (TPSA) is 78.5 Å². The quantitative estimate of drug-likeness (QED) is 0.549. The van der Waals surface area contributed by atoms with Gasteiger partial charge in [0.2, 0.25) is 5.91 Å². The molecule has 25 heavy (non-hydrogen) atoms. The van der Waals surface area contributed by atoms with Gasteiger partial charge >= 0.3 is 6.03 Å². The molecule has 1 aliphatic heterocycles. The highest BCUT2D eigenvalue weighted by Crippen LogP contribution is 2.64. The van der Waals surface area contributed by atoms with E-state index in [0.29, 0.717) is 6.54 Å². The molecule has 4 saturated carbocycles. The molecule has 0 aromatic heterocycles. The van der Waals surface area contributed by atoms with Crippen molar-refractivity contribution in [2.75, 3.05) is 13.1 Å². The molecule has 0 radical (unpaired) electrons. The molecule has 6 nitrogen and oxygen atoms in total. The summed E-state index contributed by atoms with van der Waals surface area (Å²) in [7, 11) is 0. The molecule has 2 atom stereocenters. The normalized spacial score (nSPS) is 41.2. The molecule has 5 aliphatic rings. The molecule has 4 amide bonds. The van der Waals surface area contributed by atoms with Crippen LogP contribution in [0.1, 0.15) is 52.4 Å². The number of imide groups is 1. The zero-order chi connectivity index (χ0) is 18.0. The van der Waals surface area contributed by atoms with Crippen LogP contribution in [0.3, 0.4) is 0 Å². The minimum Gasteiger partial charge on any atom is -0.354 e. The number of carbonyl (C=O) groups is 3. The standard InChI is InChI=1S/C18H26BrN3O3/c1-16(2)14(24)22(15(25)21-16)8-13(23)20-10-17-4-11-3-12(5-17)7-18(19,6-11)9-17/h11-12H,3-10H2,1-2H3,(H,20,23)(H,21,25)/t11-,12-,17?,18?/m1/s1. The third kappa shape index (κ3) is 2.98. The third-order valence-electron chi connectivity index (χ3n) is 6.52. The number of hydrogen-bond acceptors (Lipinski definition) is 3. The Labute approximate surface area is 156 Å². The minimum atomic E-state index is -0.931. The highest BCUT2D eigenvalue weighted by molar-refractivity contribution is 9.10. The predicted molar refractivity (Wildman–Crippen MR) is 96.1 cm³/mol. The highest BCUT2D eigenvalue weighted by Gasteiger charge is 2.56. The second kappa shape index (κ2) is 5.44. The van der Waals surface area contributed by atoms with E-state index in [1.54, 1.807) is 13.8 Å². The van der Waals surface area contributed by atoms with Crippen molar-refractivity contribution >= 4 is 33.8 Å². The number of rotatable bonds is 4. The van der Waals surface area contributed by atoms with Gasteiger partial charge in [-0.2, -0.15) is 0 Å². The minimum absolute atomic E-state index is 0.180. The molecule has 0 unspecified atom stereocenters. The van der Waals surface area contributed by atoms with Crippen LogP contribution in [0.5, 0.6) is 0 Å². The maximum absolute atomic E-state index is 12.4.